The van der Waals surface area contributed by atoms with Gasteiger partial charge in [0, 0.05) is 49.3 Å². The van der Waals surface area contributed by atoms with Gasteiger partial charge in [-0.3, -0.25) is 9.78 Å². The van der Waals surface area contributed by atoms with E-state index < -0.39 is 27.8 Å². The third kappa shape index (κ3) is 6.04. The first kappa shape index (κ1) is 25.9. The van der Waals surface area contributed by atoms with Gasteiger partial charge in [-0.1, -0.05) is 26.0 Å². The summed E-state index contributed by atoms with van der Waals surface area (Å²) in [5.74, 6) is -0.399. The van der Waals surface area contributed by atoms with Gasteiger partial charge in [-0.2, -0.15) is 4.31 Å². The second-order valence-electron chi connectivity index (χ2n) is 9.80. The van der Waals surface area contributed by atoms with Crippen LogP contribution in [0.2, 0.25) is 0 Å². The number of carbonyl (C=O) groups is 2. The maximum absolute atomic E-state index is 13.5. The van der Waals surface area contributed by atoms with Crippen LogP contribution in [-0.4, -0.2) is 72.4 Å². The molecule has 1 aliphatic rings. The molecule has 0 aliphatic carbocycles. The Morgan fingerprint density at radius 2 is 1.82 bits per heavy atom. The number of nitrogens with zero attached hydrogens (tertiary/aromatic N) is 3. The lowest BCUT2D eigenvalue weighted by atomic mass is 10.0. The lowest BCUT2D eigenvalue weighted by Crippen LogP contribution is -2.52. The van der Waals surface area contributed by atoms with Crippen LogP contribution in [0.1, 0.15) is 41.0 Å². The molecule has 1 atom stereocenters. The fraction of sp³-hybridized carbons (Fsp3) is 0.542. The highest BCUT2D eigenvalue weighted by molar-refractivity contribution is 7.89. The van der Waals surface area contributed by atoms with Gasteiger partial charge in [0.05, 0.1) is 4.90 Å². The maximum atomic E-state index is 13.5. The molecule has 1 aromatic heterocycles. The maximum Gasteiger partial charge on any atom is 0.408 e. The van der Waals surface area contributed by atoms with E-state index in [1.54, 1.807) is 56.3 Å². The molecule has 2 heterocycles. The second-order valence-corrected chi connectivity index (χ2v) is 11.7. The monoisotopic (exact) mass is 490 g/mol. The molecule has 0 saturated carbocycles. The van der Waals surface area contributed by atoms with Gasteiger partial charge in [0.15, 0.2) is 0 Å². The van der Waals surface area contributed by atoms with Crippen molar-refractivity contribution in [2.75, 3.05) is 26.2 Å². The lowest BCUT2D eigenvalue weighted by Gasteiger charge is -2.30. The minimum absolute atomic E-state index is 0.160. The number of benzene rings is 1. The highest BCUT2D eigenvalue weighted by Crippen LogP contribution is 2.26. The zero-order chi connectivity index (χ0) is 25.1. The number of rotatable bonds is 5. The van der Waals surface area contributed by atoms with Crippen LogP contribution in [0, 0.1) is 5.92 Å². The quantitative estimate of drug-likeness (QED) is 0.690. The molecule has 1 fully saturated rings. The van der Waals surface area contributed by atoms with Gasteiger partial charge in [-0.15, -0.1) is 0 Å². The number of amides is 2. The van der Waals surface area contributed by atoms with E-state index >= 15 is 0 Å². The number of pyridine rings is 1. The van der Waals surface area contributed by atoms with E-state index in [1.807, 2.05) is 19.9 Å². The first-order valence-electron chi connectivity index (χ1n) is 11.5. The Labute approximate surface area is 201 Å². The first-order chi connectivity index (χ1) is 15.9. The molecule has 3 rings (SSSR count). The van der Waals surface area contributed by atoms with E-state index in [9.17, 15) is 18.0 Å². The summed E-state index contributed by atoms with van der Waals surface area (Å²) in [6, 6.07) is 6.08. The molecule has 186 valence electrons. The summed E-state index contributed by atoms with van der Waals surface area (Å²) in [4.78, 5) is 31.5. The van der Waals surface area contributed by atoms with Crippen LogP contribution in [0.15, 0.2) is 41.6 Å². The lowest BCUT2D eigenvalue weighted by molar-refractivity contribution is -0.134. The van der Waals surface area contributed by atoms with Crippen molar-refractivity contribution in [2.45, 2.75) is 57.6 Å². The summed E-state index contributed by atoms with van der Waals surface area (Å²) in [5.41, 5.74) is -0.677. The van der Waals surface area contributed by atoms with Crippen LogP contribution in [0.5, 0.6) is 0 Å². The van der Waals surface area contributed by atoms with Crippen molar-refractivity contribution in [1.82, 2.24) is 19.5 Å². The zero-order valence-electron chi connectivity index (χ0n) is 20.4. The largest absolute Gasteiger partial charge is 0.444 e. The van der Waals surface area contributed by atoms with Gasteiger partial charge in [0.25, 0.3) is 0 Å². The van der Waals surface area contributed by atoms with E-state index in [4.69, 9.17) is 4.74 Å². The van der Waals surface area contributed by atoms with Gasteiger partial charge in [0.1, 0.15) is 11.6 Å². The topological polar surface area (TPSA) is 109 Å². The van der Waals surface area contributed by atoms with E-state index in [2.05, 4.69) is 10.3 Å². The summed E-state index contributed by atoms with van der Waals surface area (Å²) in [6.07, 6.45) is 3.06. The van der Waals surface area contributed by atoms with Crippen molar-refractivity contribution in [3.63, 3.8) is 0 Å². The molecule has 2 amide bonds. The van der Waals surface area contributed by atoms with Crippen LogP contribution in [0.25, 0.3) is 10.8 Å². The second kappa shape index (κ2) is 10.3. The fourth-order valence-corrected chi connectivity index (χ4v) is 5.64. The SMILES string of the molecule is CC(C)[C@@H](NC(=O)OC(C)(C)C)C(=O)N1CCCN(S(=O)(=O)c2cccc3cnccc23)CC1. The standard InChI is InChI=1S/C24H34N4O5S/c1-17(2)21(26-23(30)33-24(3,4)5)22(29)27-12-7-13-28(15-14-27)34(31,32)20-9-6-8-18-16-25-11-10-19(18)20/h6,8-11,16-17,21H,7,12-15H2,1-5H3,(H,26,30)/t21-/m1/s1. The Hall–Kier alpha value is -2.72. The molecule has 1 N–H and O–H groups in total. The highest BCUT2D eigenvalue weighted by atomic mass is 32.2. The predicted octanol–water partition coefficient (Wildman–Crippen LogP) is 3.01. The van der Waals surface area contributed by atoms with Crippen molar-refractivity contribution >= 4 is 32.8 Å². The van der Waals surface area contributed by atoms with Crippen molar-refractivity contribution in [2.24, 2.45) is 5.92 Å². The molecule has 0 unspecified atom stereocenters. The number of carbonyl (C=O) groups excluding carboxylic acids is 2. The number of ether oxygens (including phenoxy) is 1. The molecular formula is C24H34N4O5S. The van der Waals surface area contributed by atoms with Crippen molar-refractivity contribution in [3.8, 4) is 0 Å². The fourth-order valence-electron chi connectivity index (χ4n) is 3.96. The minimum Gasteiger partial charge on any atom is -0.444 e. The van der Waals surface area contributed by atoms with Crippen LogP contribution >= 0.6 is 0 Å². The van der Waals surface area contributed by atoms with E-state index in [0.29, 0.717) is 24.9 Å². The Balaban J connectivity index is 1.74. The van der Waals surface area contributed by atoms with Gasteiger partial charge in [0.2, 0.25) is 15.9 Å². The molecule has 1 saturated heterocycles. The molecule has 10 heteroatoms. The van der Waals surface area contributed by atoms with Crippen LogP contribution < -0.4 is 5.32 Å². The number of hydrogen-bond donors (Lipinski definition) is 1. The third-order valence-corrected chi connectivity index (χ3v) is 7.59. The average molecular weight is 491 g/mol. The molecule has 34 heavy (non-hydrogen) atoms. The summed E-state index contributed by atoms with van der Waals surface area (Å²) < 4.78 is 33.7. The van der Waals surface area contributed by atoms with Crippen LogP contribution in [-0.2, 0) is 19.6 Å². The van der Waals surface area contributed by atoms with Crippen LogP contribution in [0.4, 0.5) is 4.79 Å². The number of nitrogens with one attached hydrogen (secondary N) is 1. The van der Waals surface area contributed by atoms with Crippen molar-refractivity contribution in [1.29, 1.82) is 0 Å². The number of fused-ring (bicyclic) bond motifs is 1. The highest BCUT2D eigenvalue weighted by Gasteiger charge is 2.34. The van der Waals surface area contributed by atoms with Gasteiger partial charge < -0.3 is 15.0 Å². The predicted molar refractivity (Wildman–Crippen MR) is 130 cm³/mol. The smallest absolute Gasteiger partial charge is 0.408 e. The molecule has 0 bridgehead atoms. The summed E-state index contributed by atoms with van der Waals surface area (Å²) >= 11 is 0. The van der Waals surface area contributed by atoms with Crippen molar-refractivity contribution in [3.05, 3.63) is 36.7 Å². The van der Waals surface area contributed by atoms with Gasteiger partial charge in [-0.05, 0) is 45.2 Å². The Kier molecular flexibility index (Phi) is 7.82. The summed E-state index contributed by atoms with van der Waals surface area (Å²) in [6.45, 7) is 10.1. The number of sulfonamides is 1. The van der Waals surface area contributed by atoms with Gasteiger partial charge in [-0.25, -0.2) is 13.2 Å². The number of aromatic nitrogens is 1. The summed E-state index contributed by atoms with van der Waals surface area (Å²) in [5, 5.41) is 4.06. The van der Waals surface area contributed by atoms with Crippen molar-refractivity contribution < 1.29 is 22.7 Å². The molecule has 1 aromatic carbocycles. The minimum atomic E-state index is -3.76. The molecule has 0 radical (unpaired) electrons. The Bertz CT molecular complexity index is 1140. The molecule has 1 aliphatic heterocycles. The number of hydrogen-bond acceptors (Lipinski definition) is 6. The summed E-state index contributed by atoms with van der Waals surface area (Å²) in [7, 11) is -3.76. The van der Waals surface area contributed by atoms with Crippen LogP contribution in [0.3, 0.4) is 0 Å². The first-order valence-corrected chi connectivity index (χ1v) is 13.0. The third-order valence-electron chi connectivity index (χ3n) is 5.63. The normalized spacial score (nSPS) is 16.8. The van der Waals surface area contributed by atoms with E-state index in [-0.39, 0.29) is 29.8 Å². The Morgan fingerprint density at radius 1 is 1.09 bits per heavy atom. The zero-order valence-corrected chi connectivity index (χ0v) is 21.3. The Morgan fingerprint density at radius 3 is 2.50 bits per heavy atom. The number of alkyl carbamates (subject to hydrolysis) is 1. The molecule has 0 spiro atoms. The molecular weight excluding hydrogens is 456 g/mol. The van der Waals surface area contributed by atoms with E-state index in [1.165, 1.54) is 4.31 Å². The van der Waals surface area contributed by atoms with E-state index in [0.717, 1.165) is 5.39 Å². The molecule has 2 aromatic rings. The average Bonchev–Trinajstić information content (AvgIpc) is 3.02. The molecule has 9 nitrogen and oxygen atoms in total. The van der Waals surface area contributed by atoms with Gasteiger partial charge >= 0.3 is 6.09 Å².